The number of carbonyl (C=O) groups is 2. The zero-order valence-corrected chi connectivity index (χ0v) is 13.0. The van der Waals surface area contributed by atoms with E-state index in [0.29, 0.717) is 26.1 Å². The molecule has 2 aliphatic rings. The van der Waals surface area contributed by atoms with E-state index in [-0.39, 0.29) is 30.6 Å². The maximum absolute atomic E-state index is 11.7. The molecule has 0 aromatic carbocycles. The molecule has 0 saturated carbocycles. The quantitative estimate of drug-likeness (QED) is 0.551. The number of cyclic esters (lactones) is 1. The summed E-state index contributed by atoms with van der Waals surface area (Å²) in [6, 6.07) is 0. The highest BCUT2D eigenvalue weighted by Gasteiger charge is 2.27. The molecule has 0 N–H and O–H groups in total. The van der Waals surface area contributed by atoms with E-state index >= 15 is 0 Å². The summed E-state index contributed by atoms with van der Waals surface area (Å²) in [5, 5.41) is 0. The molecule has 0 spiro atoms. The molecule has 2 rings (SSSR count). The fraction of sp³-hybridized carbons (Fsp3) is 0.750. The predicted molar refractivity (Wildman–Crippen MR) is 77.9 cm³/mol. The lowest BCUT2D eigenvalue weighted by molar-refractivity contribution is -0.156. The second kappa shape index (κ2) is 8.90. The Morgan fingerprint density at radius 2 is 2.27 bits per heavy atom. The van der Waals surface area contributed by atoms with Gasteiger partial charge in [-0.15, -0.1) is 0 Å². The SMILES string of the molecule is COC(=O)CCC1C/C(=C/COC2CCCCO2)COC1=O. The van der Waals surface area contributed by atoms with Crippen LogP contribution >= 0.6 is 0 Å². The van der Waals surface area contributed by atoms with Crippen LogP contribution in [0.15, 0.2) is 11.6 Å². The van der Waals surface area contributed by atoms with Crippen molar-refractivity contribution in [1.82, 2.24) is 0 Å². The summed E-state index contributed by atoms with van der Waals surface area (Å²) in [5.41, 5.74) is 1.03. The van der Waals surface area contributed by atoms with Gasteiger partial charge in [-0.2, -0.15) is 0 Å². The monoisotopic (exact) mass is 312 g/mol. The molecule has 2 atom stereocenters. The van der Waals surface area contributed by atoms with Crippen LogP contribution in [0.25, 0.3) is 0 Å². The average molecular weight is 312 g/mol. The van der Waals surface area contributed by atoms with Crippen LogP contribution in [-0.2, 0) is 28.5 Å². The summed E-state index contributed by atoms with van der Waals surface area (Å²) in [6.45, 7) is 1.53. The third kappa shape index (κ3) is 5.42. The predicted octanol–water partition coefficient (Wildman–Crippen LogP) is 1.97. The molecule has 124 valence electrons. The number of carbonyl (C=O) groups excluding carboxylic acids is 2. The number of esters is 2. The smallest absolute Gasteiger partial charge is 0.309 e. The fourth-order valence-electron chi connectivity index (χ4n) is 2.61. The summed E-state index contributed by atoms with van der Waals surface area (Å²) in [6.07, 6.45) is 6.30. The largest absolute Gasteiger partial charge is 0.469 e. The van der Waals surface area contributed by atoms with Crippen LogP contribution in [0.4, 0.5) is 0 Å². The molecule has 2 saturated heterocycles. The van der Waals surface area contributed by atoms with Crippen LogP contribution in [0, 0.1) is 5.92 Å². The van der Waals surface area contributed by atoms with Crippen LogP contribution in [0.5, 0.6) is 0 Å². The molecule has 0 aromatic rings. The summed E-state index contributed by atoms with van der Waals surface area (Å²) in [7, 11) is 1.34. The zero-order chi connectivity index (χ0) is 15.8. The molecule has 6 nitrogen and oxygen atoms in total. The van der Waals surface area contributed by atoms with Crippen molar-refractivity contribution in [2.45, 2.75) is 44.8 Å². The minimum atomic E-state index is -0.304. The highest BCUT2D eigenvalue weighted by atomic mass is 16.7. The second-order valence-corrected chi connectivity index (χ2v) is 5.62. The van der Waals surface area contributed by atoms with Gasteiger partial charge in [0, 0.05) is 13.0 Å². The number of methoxy groups -OCH3 is 1. The van der Waals surface area contributed by atoms with E-state index in [9.17, 15) is 9.59 Å². The Morgan fingerprint density at radius 1 is 1.41 bits per heavy atom. The maximum Gasteiger partial charge on any atom is 0.309 e. The molecule has 2 unspecified atom stereocenters. The van der Waals surface area contributed by atoms with Crippen molar-refractivity contribution in [1.29, 1.82) is 0 Å². The normalized spacial score (nSPS) is 27.5. The van der Waals surface area contributed by atoms with Gasteiger partial charge in [-0.3, -0.25) is 9.59 Å². The lowest BCUT2D eigenvalue weighted by Gasteiger charge is -2.24. The standard InChI is InChI=1S/C16H24O6/c1-19-14(17)6-5-13-10-12(11-22-16(13)18)7-9-21-15-4-2-3-8-20-15/h7,13,15H,2-6,8-11H2,1H3/b12-7-. The number of hydrogen-bond donors (Lipinski definition) is 0. The van der Waals surface area contributed by atoms with E-state index in [2.05, 4.69) is 4.74 Å². The van der Waals surface area contributed by atoms with Gasteiger partial charge in [-0.25, -0.2) is 0 Å². The Labute approximate surface area is 130 Å². The van der Waals surface area contributed by atoms with Crippen molar-refractivity contribution in [3.63, 3.8) is 0 Å². The van der Waals surface area contributed by atoms with E-state index in [1.54, 1.807) is 0 Å². The molecule has 0 aromatic heterocycles. The highest BCUT2D eigenvalue weighted by Crippen LogP contribution is 2.24. The first-order valence-electron chi connectivity index (χ1n) is 7.83. The second-order valence-electron chi connectivity index (χ2n) is 5.62. The van der Waals surface area contributed by atoms with E-state index in [1.807, 2.05) is 6.08 Å². The topological polar surface area (TPSA) is 71.1 Å². The van der Waals surface area contributed by atoms with Gasteiger partial charge in [0.25, 0.3) is 0 Å². The summed E-state index contributed by atoms with van der Waals surface area (Å²) in [5.74, 6) is -0.815. The maximum atomic E-state index is 11.7. The summed E-state index contributed by atoms with van der Waals surface area (Å²) in [4.78, 5) is 22.9. The van der Waals surface area contributed by atoms with Gasteiger partial charge < -0.3 is 18.9 Å². The Balaban J connectivity index is 1.74. The van der Waals surface area contributed by atoms with Crippen molar-refractivity contribution in [3.8, 4) is 0 Å². The molecular weight excluding hydrogens is 288 g/mol. The third-order valence-corrected chi connectivity index (χ3v) is 3.96. The molecule has 0 aliphatic carbocycles. The molecular formula is C16H24O6. The lowest BCUT2D eigenvalue weighted by atomic mass is 9.93. The van der Waals surface area contributed by atoms with Gasteiger partial charge in [-0.1, -0.05) is 6.08 Å². The van der Waals surface area contributed by atoms with Crippen LogP contribution in [0.3, 0.4) is 0 Å². The first-order valence-corrected chi connectivity index (χ1v) is 7.83. The van der Waals surface area contributed by atoms with Crippen molar-refractivity contribution < 1.29 is 28.5 Å². The van der Waals surface area contributed by atoms with E-state index in [4.69, 9.17) is 14.2 Å². The minimum absolute atomic E-state index is 0.119. The van der Waals surface area contributed by atoms with Crippen molar-refractivity contribution in [3.05, 3.63) is 11.6 Å². The van der Waals surface area contributed by atoms with Gasteiger partial charge >= 0.3 is 11.9 Å². The van der Waals surface area contributed by atoms with Gasteiger partial charge in [0.1, 0.15) is 6.61 Å². The molecule has 2 fully saturated rings. The third-order valence-electron chi connectivity index (χ3n) is 3.96. The van der Waals surface area contributed by atoms with E-state index in [1.165, 1.54) is 7.11 Å². The summed E-state index contributed by atoms with van der Waals surface area (Å²) >= 11 is 0. The number of rotatable bonds is 6. The van der Waals surface area contributed by atoms with Crippen LogP contribution in [-0.4, -0.2) is 45.2 Å². The zero-order valence-electron chi connectivity index (χ0n) is 13.0. The highest BCUT2D eigenvalue weighted by molar-refractivity contribution is 5.75. The fourth-order valence-corrected chi connectivity index (χ4v) is 2.61. The molecule has 2 aliphatic heterocycles. The van der Waals surface area contributed by atoms with Gasteiger partial charge in [0.05, 0.1) is 19.6 Å². The lowest BCUT2D eigenvalue weighted by Crippen LogP contribution is -2.27. The summed E-state index contributed by atoms with van der Waals surface area (Å²) < 4.78 is 20.9. The van der Waals surface area contributed by atoms with Crippen LogP contribution < -0.4 is 0 Å². The van der Waals surface area contributed by atoms with Gasteiger partial charge in [-0.05, 0) is 37.7 Å². The minimum Gasteiger partial charge on any atom is -0.469 e. The Morgan fingerprint density at radius 3 is 3.00 bits per heavy atom. The number of hydrogen-bond acceptors (Lipinski definition) is 6. The molecule has 2 heterocycles. The van der Waals surface area contributed by atoms with Crippen molar-refractivity contribution in [2.24, 2.45) is 5.92 Å². The average Bonchev–Trinajstić information content (AvgIpc) is 2.55. The molecule has 0 radical (unpaired) electrons. The van der Waals surface area contributed by atoms with Crippen LogP contribution in [0.2, 0.25) is 0 Å². The Kier molecular flexibility index (Phi) is 6.86. The van der Waals surface area contributed by atoms with Crippen LogP contribution in [0.1, 0.15) is 38.5 Å². The molecule has 22 heavy (non-hydrogen) atoms. The number of ether oxygens (including phenoxy) is 4. The molecule has 0 bridgehead atoms. The van der Waals surface area contributed by atoms with Gasteiger partial charge in [0.2, 0.25) is 0 Å². The van der Waals surface area contributed by atoms with Crippen molar-refractivity contribution in [2.75, 3.05) is 26.9 Å². The van der Waals surface area contributed by atoms with E-state index in [0.717, 1.165) is 31.4 Å². The first kappa shape index (κ1) is 17.0. The molecule has 0 amide bonds. The first-order chi connectivity index (χ1) is 10.7. The molecule has 6 heteroatoms. The van der Waals surface area contributed by atoms with E-state index < -0.39 is 0 Å². The van der Waals surface area contributed by atoms with Crippen molar-refractivity contribution >= 4 is 11.9 Å². The Hall–Kier alpha value is -1.40. The Bertz CT molecular complexity index is 411. The van der Waals surface area contributed by atoms with Gasteiger partial charge in [0.15, 0.2) is 6.29 Å².